The molecule has 0 spiro atoms. The topological polar surface area (TPSA) is 70.9 Å². The Labute approximate surface area is 171 Å². The fraction of sp³-hybridized carbons (Fsp3) is 0.350. The molecule has 1 fully saturated rings. The van der Waals surface area contributed by atoms with Gasteiger partial charge in [-0.05, 0) is 30.7 Å². The third kappa shape index (κ3) is 4.91. The second kappa shape index (κ2) is 9.05. The van der Waals surface area contributed by atoms with Crippen LogP contribution >= 0.6 is 11.6 Å². The third-order valence-electron chi connectivity index (χ3n) is 5.11. The summed E-state index contributed by atoms with van der Waals surface area (Å²) in [6, 6.07) is 15.8. The predicted octanol–water partition coefficient (Wildman–Crippen LogP) is 0.934. The number of hydrogen-bond donors (Lipinski definition) is 2. The molecule has 1 amide bonds. The van der Waals surface area contributed by atoms with Gasteiger partial charge in [-0.3, -0.25) is 4.79 Å². The maximum absolute atomic E-state index is 12.8. The SMILES string of the molecule is C[C@@H](C(=O)NCc1ccccc1)[NH+]1CCN(S(=O)(=O)c2cccc(Cl)c2)CC1. The van der Waals surface area contributed by atoms with Gasteiger partial charge in [0.1, 0.15) is 0 Å². The molecule has 0 aromatic heterocycles. The van der Waals surface area contributed by atoms with Crippen LogP contribution in [0, 0.1) is 0 Å². The molecule has 3 rings (SSSR count). The largest absolute Gasteiger partial charge is 0.347 e. The summed E-state index contributed by atoms with van der Waals surface area (Å²) in [6.45, 7) is 4.30. The first-order valence-corrected chi connectivity index (χ1v) is 11.1. The van der Waals surface area contributed by atoms with Crippen molar-refractivity contribution >= 4 is 27.5 Å². The van der Waals surface area contributed by atoms with E-state index >= 15 is 0 Å². The molecule has 6 nitrogen and oxygen atoms in total. The van der Waals surface area contributed by atoms with Crippen LogP contribution in [0.3, 0.4) is 0 Å². The van der Waals surface area contributed by atoms with Crippen LogP contribution in [-0.4, -0.2) is 50.9 Å². The van der Waals surface area contributed by atoms with Crippen molar-refractivity contribution in [2.45, 2.75) is 24.4 Å². The number of rotatable bonds is 6. The molecule has 1 aliphatic heterocycles. The standard InChI is InChI=1S/C20H24ClN3O3S/c1-16(20(25)22-15-17-6-3-2-4-7-17)23-10-12-24(13-11-23)28(26,27)19-9-5-8-18(21)14-19/h2-9,14,16H,10-13,15H2,1H3,(H,22,25)/p+1/t16-/m0/s1. The van der Waals surface area contributed by atoms with Crippen LogP contribution < -0.4 is 10.2 Å². The van der Waals surface area contributed by atoms with Crippen LogP contribution in [-0.2, 0) is 21.4 Å². The summed E-state index contributed by atoms with van der Waals surface area (Å²) in [5, 5.41) is 3.36. The number of benzene rings is 2. The summed E-state index contributed by atoms with van der Waals surface area (Å²) in [5.74, 6) is -0.0231. The van der Waals surface area contributed by atoms with Crippen molar-refractivity contribution in [2.75, 3.05) is 26.2 Å². The highest BCUT2D eigenvalue weighted by Gasteiger charge is 2.34. The van der Waals surface area contributed by atoms with E-state index in [2.05, 4.69) is 5.32 Å². The molecule has 0 unspecified atom stereocenters. The number of quaternary nitrogens is 1. The first-order chi connectivity index (χ1) is 13.4. The molecule has 1 heterocycles. The summed E-state index contributed by atoms with van der Waals surface area (Å²) >= 11 is 5.93. The van der Waals surface area contributed by atoms with E-state index < -0.39 is 10.0 Å². The van der Waals surface area contributed by atoms with E-state index in [9.17, 15) is 13.2 Å². The van der Waals surface area contributed by atoms with E-state index in [1.54, 1.807) is 18.2 Å². The average Bonchev–Trinajstić information content (AvgIpc) is 2.72. The number of carbonyl (C=O) groups excluding carboxylic acids is 1. The molecular formula is C20H25ClN3O3S+. The van der Waals surface area contributed by atoms with Crippen LogP contribution in [0.4, 0.5) is 0 Å². The van der Waals surface area contributed by atoms with Gasteiger partial charge in [-0.25, -0.2) is 8.42 Å². The minimum atomic E-state index is -3.57. The zero-order valence-corrected chi connectivity index (χ0v) is 17.3. The third-order valence-corrected chi connectivity index (χ3v) is 7.24. The number of hydrogen-bond acceptors (Lipinski definition) is 3. The quantitative estimate of drug-likeness (QED) is 0.727. The van der Waals surface area contributed by atoms with Gasteiger partial charge in [-0.15, -0.1) is 0 Å². The first kappa shape index (κ1) is 20.8. The Balaban J connectivity index is 1.55. The van der Waals surface area contributed by atoms with Crippen LogP contribution in [0.1, 0.15) is 12.5 Å². The zero-order chi connectivity index (χ0) is 20.1. The number of nitrogens with one attached hydrogen (secondary N) is 2. The lowest BCUT2D eigenvalue weighted by molar-refractivity contribution is -0.917. The molecule has 0 radical (unpaired) electrons. The Bertz CT molecular complexity index is 913. The number of nitrogens with zero attached hydrogens (tertiary/aromatic N) is 1. The lowest BCUT2D eigenvalue weighted by Crippen LogP contribution is -3.19. The second-order valence-electron chi connectivity index (χ2n) is 6.94. The van der Waals surface area contributed by atoms with Crippen molar-refractivity contribution in [3.8, 4) is 0 Å². The highest BCUT2D eigenvalue weighted by molar-refractivity contribution is 7.89. The number of halogens is 1. The van der Waals surface area contributed by atoms with E-state index in [0.29, 0.717) is 37.7 Å². The minimum Gasteiger partial charge on any atom is -0.347 e. The molecular weight excluding hydrogens is 398 g/mol. The molecule has 2 N–H and O–H groups in total. The van der Waals surface area contributed by atoms with Gasteiger partial charge in [-0.2, -0.15) is 4.31 Å². The summed E-state index contributed by atoms with van der Waals surface area (Å²) in [4.78, 5) is 13.8. The smallest absolute Gasteiger partial charge is 0.278 e. The van der Waals surface area contributed by atoms with Crippen LogP contribution in [0.5, 0.6) is 0 Å². The van der Waals surface area contributed by atoms with Gasteiger partial charge in [-0.1, -0.05) is 48.0 Å². The zero-order valence-electron chi connectivity index (χ0n) is 15.8. The Kier molecular flexibility index (Phi) is 6.72. The minimum absolute atomic E-state index is 0.0231. The number of carbonyl (C=O) groups is 1. The van der Waals surface area contributed by atoms with Gasteiger partial charge in [0.25, 0.3) is 5.91 Å². The van der Waals surface area contributed by atoms with Crippen molar-refractivity contribution in [2.24, 2.45) is 0 Å². The number of piperazine rings is 1. The van der Waals surface area contributed by atoms with Crippen molar-refractivity contribution in [3.63, 3.8) is 0 Å². The monoisotopic (exact) mass is 422 g/mol. The maximum atomic E-state index is 12.8. The predicted molar refractivity (Wildman–Crippen MR) is 109 cm³/mol. The Morgan fingerprint density at radius 3 is 2.46 bits per heavy atom. The molecule has 1 atom stereocenters. The summed E-state index contributed by atoms with van der Waals surface area (Å²) in [5.41, 5.74) is 1.05. The molecule has 1 saturated heterocycles. The van der Waals surface area contributed by atoms with Crippen molar-refractivity contribution < 1.29 is 18.1 Å². The van der Waals surface area contributed by atoms with E-state index in [1.807, 2.05) is 37.3 Å². The number of sulfonamides is 1. The Hall–Kier alpha value is -1.93. The summed E-state index contributed by atoms with van der Waals surface area (Å²) < 4.78 is 27.0. The van der Waals surface area contributed by atoms with Gasteiger partial charge < -0.3 is 10.2 Å². The van der Waals surface area contributed by atoms with Gasteiger partial charge in [0.2, 0.25) is 10.0 Å². The van der Waals surface area contributed by atoms with Crippen LogP contribution in [0.15, 0.2) is 59.5 Å². The summed E-state index contributed by atoms with van der Waals surface area (Å²) in [6.07, 6.45) is 0. The second-order valence-corrected chi connectivity index (χ2v) is 9.32. The molecule has 2 aromatic rings. The average molecular weight is 423 g/mol. The highest BCUT2D eigenvalue weighted by Crippen LogP contribution is 2.19. The molecule has 2 aromatic carbocycles. The Morgan fingerprint density at radius 2 is 1.82 bits per heavy atom. The van der Waals surface area contributed by atoms with Gasteiger partial charge in [0.05, 0.1) is 31.1 Å². The van der Waals surface area contributed by atoms with E-state index in [1.165, 1.54) is 10.4 Å². The molecule has 0 aliphatic carbocycles. The van der Waals surface area contributed by atoms with Gasteiger partial charge in [0.15, 0.2) is 6.04 Å². The lowest BCUT2D eigenvalue weighted by Gasteiger charge is -2.34. The fourth-order valence-electron chi connectivity index (χ4n) is 3.35. The van der Waals surface area contributed by atoms with Gasteiger partial charge >= 0.3 is 0 Å². The maximum Gasteiger partial charge on any atom is 0.278 e. The van der Waals surface area contributed by atoms with Crippen molar-refractivity contribution in [1.29, 1.82) is 0 Å². The number of amides is 1. The lowest BCUT2D eigenvalue weighted by atomic mass is 10.2. The molecule has 150 valence electrons. The van der Waals surface area contributed by atoms with Crippen molar-refractivity contribution in [1.82, 2.24) is 9.62 Å². The molecule has 0 saturated carbocycles. The first-order valence-electron chi connectivity index (χ1n) is 9.30. The van der Waals surface area contributed by atoms with Crippen LogP contribution in [0.25, 0.3) is 0 Å². The van der Waals surface area contributed by atoms with Crippen LogP contribution in [0.2, 0.25) is 5.02 Å². The molecule has 0 bridgehead atoms. The van der Waals surface area contributed by atoms with Gasteiger partial charge in [0, 0.05) is 11.6 Å². The van der Waals surface area contributed by atoms with Crippen molar-refractivity contribution in [3.05, 3.63) is 65.2 Å². The molecule has 28 heavy (non-hydrogen) atoms. The summed E-state index contributed by atoms with van der Waals surface area (Å²) in [7, 11) is -3.57. The van der Waals surface area contributed by atoms with E-state index in [0.717, 1.165) is 10.5 Å². The molecule has 1 aliphatic rings. The van der Waals surface area contributed by atoms with E-state index in [-0.39, 0.29) is 16.8 Å². The molecule has 8 heteroatoms. The highest BCUT2D eigenvalue weighted by atomic mass is 35.5. The Morgan fingerprint density at radius 1 is 1.14 bits per heavy atom. The van der Waals surface area contributed by atoms with E-state index in [4.69, 9.17) is 11.6 Å². The normalized spacial score (nSPS) is 17.2. The fourth-order valence-corrected chi connectivity index (χ4v) is 5.09.